The maximum Gasteiger partial charge on any atom is 0.317 e. The molecule has 0 bridgehead atoms. The van der Waals surface area contributed by atoms with Crippen molar-refractivity contribution in [3.05, 3.63) is 66.2 Å². The third-order valence-corrected chi connectivity index (χ3v) is 5.50. The maximum atomic E-state index is 12.4. The number of ether oxygens (including phenoxy) is 2. The summed E-state index contributed by atoms with van der Waals surface area (Å²) in [6.07, 6.45) is 0. The summed E-state index contributed by atoms with van der Waals surface area (Å²) in [5.41, 5.74) is 2.80. The molecule has 1 fully saturated rings. The van der Waals surface area contributed by atoms with Gasteiger partial charge < -0.3 is 24.6 Å². The molecule has 158 valence electrons. The van der Waals surface area contributed by atoms with Gasteiger partial charge in [-0.15, -0.1) is 10.2 Å². The second-order valence-corrected chi connectivity index (χ2v) is 7.46. The van der Waals surface area contributed by atoms with Gasteiger partial charge in [-0.25, -0.2) is 4.79 Å². The molecule has 0 radical (unpaired) electrons. The average Bonchev–Trinajstić information content (AvgIpc) is 3.31. The molecule has 1 N–H and O–H groups in total. The van der Waals surface area contributed by atoms with Gasteiger partial charge >= 0.3 is 6.03 Å². The number of fused-ring (bicyclic) bond motifs is 1. The Bertz CT molecular complexity index is 1050. The van der Waals surface area contributed by atoms with Gasteiger partial charge in [-0.05, 0) is 35.9 Å². The van der Waals surface area contributed by atoms with Crippen LogP contribution in [0.2, 0.25) is 0 Å². The molecule has 5 rings (SSSR count). The van der Waals surface area contributed by atoms with Crippen molar-refractivity contribution >= 4 is 11.8 Å². The van der Waals surface area contributed by atoms with E-state index in [9.17, 15) is 4.79 Å². The summed E-state index contributed by atoms with van der Waals surface area (Å²) < 4.78 is 10.8. The minimum atomic E-state index is -0.0345. The summed E-state index contributed by atoms with van der Waals surface area (Å²) in [6.45, 7) is 3.51. The zero-order valence-electron chi connectivity index (χ0n) is 17.0. The Labute approximate surface area is 180 Å². The van der Waals surface area contributed by atoms with Gasteiger partial charge in [0.2, 0.25) is 6.79 Å². The lowest BCUT2D eigenvalue weighted by Gasteiger charge is -2.35. The van der Waals surface area contributed by atoms with E-state index in [2.05, 4.69) is 20.4 Å². The van der Waals surface area contributed by atoms with E-state index in [-0.39, 0.29) is 12.8 Å². The highest BCUT2D eigenvalue weighted by Crippen LogP contribution is 2.35. The first-order valence-corrected chi connectivity index (χ1v) is 10.3. The number of urea groups is 1. The molecule has 1 aromatic heterocycles. The highest BCUT2D eigenvalue weighted by atomic mass is 16.7. The number of rotatable bonds is 4. The molecule has 2 aliphatic heterocycles. The fraction of sp³-hybridized carbons (Fsp3) is 0.261. The number of aromatic nitrogens is 2. The molecule has 2 aliphatic rings. The van der Waals surface area contributed by atoms with Gasteiger partial charge in [-0.3, -0.25) is 0 Å². The van der Waals surface area contributed by atoms with Crippen LogP contribution in [0.4, 0.5) is 10.6 Å². The molecule has 0 aliphatic carbocycles. The van der Waals surface area contributed by atoms with E-state index >= 15 is 0 Å². The lowest BCUT2D eigenvalue weighted by Crippen LogP contribution is -2.51. The van der Waals surface area contributed by atoms with Crippen molar-refractivity contribution < 1.29 is 14.3 Å². The molecule has 8 heteroatoms. The Balaban J connectivity index is 1.16. The van der Waals surface area contributed by atoms with E-state index < -0.39 is 0 Å². The molecule has 0 atom stereocenters. The number of nitrogens with one attached hydrogen (secondary N) is 1. The van der Waals surface area contributed by atoms with Gasteiger partial charge in [-0.1, -0.05) is 30.3 Å². The smallest absolute Gasteiger partial charge is 0.317 e. The average molecular weight is 417 g/mol. The van der Waals surface area contributed by atoms with Crippen molar-refractivity contribution in [2.75, 3.05) is 37.9 Å². The molecule has 8 nitrogen and oxygen atoms in total. The number of anilines is 1. The maximum absolute atomic E-state index is 12.4. The molecule has 31 heavy (non-hydrogen) atoms. The summed E-state index contributed by atoms with van der Waals surface area (Å²) in [5.74, 6) is 2.29. The normalized spacial score (nSPS) is 15.1. The fourth-order valence-electron chi connectivity index (χ4n) is 3.73. The van der Waals surface area contributed by atoms with Crippen LogP contribution in [0.25, 0.3) is 11.3 Å². The second kappa shape index (κ2) is 8.51. The number of carbonyl (C=O) groups is 1. The van der Waals surface area contributed by atoms with E-state index in [4.69, 9.17) is 9.47 Å². The quantitative estimate of drug-likeness (QED) is 0.703. The summed E-state index contributed by atoms with van der Waals surface area (Å²) >= 11 is 0. The Hall–Kier alpha value is -3.81. The number of hydrogen-bond donors (Lipinski definition) is 1. The van der Waals surface area contributed by atoms with Gasteiger partial charge in [0.25, 0.3) is 0 Å². The van der Waals surface area contributed by atoms with Crippen LogP contribution in [0.1, 0.15) is 5.56 Å². The lowest BCUT2D eigenvalue weighted by molar-refractivity contribution is 0.174. The first-order chi connectivity index (χ1) is 15.3. The van der Waals surface area contributed by atoms with Crippen molar-refractivity contribution in [1.82, 2.24) is 20.4 Å². The van der Waals surface area contributed by atoms with Crippen LogP contribution in [0, 0.1) is 0 Å². The Morgan fingerprint density at radius 2 is 1.71 bits per heavy atom. The standard InChI is InChI=1S/C23H23N5O3/c29-23(24-15-17-4-2-1-3-5-17)28-12-10-27(11-13-28)22-9-7-19(25-26-22)18-6-8-20-21(14-18)31-16-30-20/h1-9,14H,10-13,15-16H2,(H,24,29). The molecule has 1 saturated heterocycles. The molecule has 3 aromatic rings. The minimum Gasteiger partial charge on any atom is -0.454 e. The highest BCUT2D eigenvalue weighted by molar-refractivity contribution is 5.74. The molecule has 0 unspecified atom stereocenters. The number of amides is 2. The van der Waals surface area contributed by atoms with Crippen molar-refractivity contribution in [3.8, 4) is 22.8 Å². The first-order valence-electron chi connectivity index (χ1n) is 10.3. The zero-order valence-corrected chi connectivity index (χ0v) is 17.0. The second-order valence-electron chi connectivity index (χ2n) is 7.46. The number of hydrogen-bond acceptors (Lipinski definition) is 6. The Morgan fingerprint density at radius 3 is 2.48 bits per heavy atom. The molecular formula is C23H23N5O3. The van der Waals surface area contributed by atoms with E-state index in [0.717, 1.165) is 47.2 Å². The topological polar surface area (TPSA) is 79.8 Å². The van der Waals surface area contributed by atoms with Crippen molar-refractivity contribution in [1.29, 1.82) is 0 Å². The van der Waals surface area contributed by atoms with Crippen molar-refractivity contribution in [2.45, 2.75) is 6.54 Å². The SMILES string of the molecule is O=C(NCc1ccccc1)N1CCN(c2ccc(-c3ccc4c(c3)OCO4)nn2)CC1. The number of nitrogens with zero attached hydrogens (tertiary/aromatic N) is 4. The third kappa shape index (κ3) is 4.23. The summed E-state index contributed by atoms with van der Waals surface area (Å²) in [6, 6.07) is 19.6. The Kier molecular flexibility index (Phi) is 5.26. The van der Waals surface area contributed by atoms with Gasteiger partial charge in [0.1, 0.15) is 0 Å². The zero-order chi connectivity index (χ0) is 21.0. The predicted molar refractivity (Wildman–Crippen MR) is 116 cm³/mol. The molecule has 0 saturated carbocycles. The van der Waals surface area contributed by atoms with Crippen LogP contribution in [0.15, 0.2) is 60.7 Å². The lowest BCUT2D eigenvalue weighted by atomic mass is 10.1. The van der Waals surface area contributed by atoms with E-state index in [1.807, 2.05) is 65.6 Å². The predicted octanol–water partition coefficient (Wildman–Crippen LogP) is 2.90. The minimum absolute atomic E-state index is 0.0345. The molecule has 2 aromatic carbocycles. The van der Waals surface area contributed by atoms with E-state index in [0.29, 0.717) is 19.6 Å². The van der Waals surface area contributed by atoms with E-state index in [1.165, 1.54) is 0 Å². The number of carbonyl (C=O) groups excluding carboxylic acids is 1. The number of benzene rings is 2. The van der Waals surface area contributed by atoms with Gasteiger partial charge in [-0.2, -0.15) is 0 Å². The summed E-state index contributed by atoms with van der Waals surface area (Å²) in [5, 5.41) is 11.8. The van der Waals surface area contributed by atoms with Crippen molar-refractivity contribution in [3.63, 3.8) is 0 Å². The van der Waals surface area contributed by atoms with E-state index in [1.54, 1.807) is 0 Å². The van der Waals surface area contributed by atoms with Crippen LogP contribution < -0.4 is 19.7 Å². The van der Waals surface area contributed by atoms with Gasteiger partial charge in [0.05, 0.1) is 5.69 Å². The molecule has 0 spiro atoms. The largest absolute Gasteiger partial charge is 0.454 e. The molecule has 2 amide bonds. The summed E-state index contributed by atoms with van der Waals surface area (Å²) in [7, 11) is 0. The van der Waals surface area contributed by atoms with Crippen LogP contribution in [0.3, 0.4) is 0 Å². The van der Waals surface area contributed by atoms with Gasteiger partial charge in [0.15, 0.2) is 17.3 Å². The monoisotopic (exact) mass is 417 g/mol. The third-order valence-electron chi connectivity index (χ3n) is 5.50. The summed E-state index contributed by atoms with van der Waals surface area (Å²) in [4.78, 5) is 16.4. The van der Waals surface area contributed by atoms with Crippen LogP contribution in [-0.2, 0) is 6.54 Å². The molecular weight excluding hydrogens is 394 g/mol. The molecule has 3 heterocycles. The van der Waals surface area contributed by atoms with Crippen molar-refractivity contribution in [2.24, 2.45) is 0 Å². The first kappa shape index (κ1) is 19.2. The van der Waals surface area contributed by atoms with Gasteiger partial charge in [0, 0.05) is 38.3 Å². The Morgan fingerprint density at radius 1 is 0.903 bits per heavy atom. The van der Waals surface area contributed by atoms with Crippen LogP contribution in [0.5, 0.6) is 11.5 Å². The fourth-order valence-corrected chi connectivity index (χ4v) is 3.73. The number of piperazine rings is 1. The highest BCUT2D eigenvalue weighted by Gasteiger charge is 2.22. The van der Waals surface area contributed by atoms with Crippen LogP contribution >= 0.6 is 0 Å². The van der Waals surface area contributed by atoms with Crippen LogP contribution in [-0.4, -0.2) is 54.1 Å².